The van der Waals surface area contributed by atoms with Gasteiger partial charge in [0.2, 0.25) is 5.88 Å². The SMILES string of the molecule is CCOc1ncccc1CNC(=NC)N1CCC(OCC)CC1. The number of rotatable bonds is 6. The number of pyridine rings is 1. The van der Waals surface area contributed by atoms with Crippen LogP contribution in [0.4, 0.5) is 0 Å². The van der Waals surface area contributed by atoms with Crippen LogP contribution in [-0.4, -0.2) is 55.3 Å². The van der Waals surface area contributed by atoms with Crippen LogP contribution in [-0.2, 0) is 11.3 Å². The van der Waals surface area contributed by atoms with E-state index in [0.717, 1.165) is 44.1 Å². The summed E-state index contributed by atoms with van der Waals surface area (Å²) in [7, 11) is 1.82. The topological polar surface area (TPSA) is 59.0 Å². The van der Waals surface area contributed by atoms with Crippen molar-refractivity contribution >= 4 is 5.96 Å². The molecule has 1 fully saturated rings. The summed E-state index contributed by atoms with van der Waals surface area (Å²) in [5, 5.41) is 3.42. The maximum atomic E-state index is 5.70. The molecular formula is C17H28N4O2. The quantitative estimate of drug-likeness (QED) is 0.642. The Morgan fingerprint density at radius 3 is 2.78 bits per heavy atom. The maximum absolute atomic E-state index is 5.70. The van der Waals surface area contributed by atoms with Gasteiger partial charge in [0.15, 0.2) is 5.96 Å². The van der Waals surface area contributed by atoms with E-state index in [1.807, 2.05) is 26.1 Å². The molecule has 0 radical (unpaired) electrons. The van der Waals surface area contributed by atoms with Crippen LogP contribution in [0.15, 0.2) is 23.3 Å². The van der Waals surface area contributed by atoms with Gasteiger partial charge in [0, 0.05) is 45.0 Å². The zero-order valence-electron chi connectivity index (χ0n) is 14.4. The number of aliphatic imine (C=N–C) groups is 1. The summed E-state index contributed by atoms with van der Waals surface area (Å²) in [6.45, 7) is 8.01. The monoisotopic (exact) mass is 320 g/mol. The summed E-state index contributed by atoms with van der Waals surface area (Å²) < 4.78 is 11.3. The second kappa shape index (κ2) is 9.35. The van der Waals surface area contributed by atoms with Gasteiger partial charge in [-0.15, -0.1) is 0 Å². The van der Waals surface area contributed by atoms with Crippen LogP contribution in [0, 0.1) is 0 Å². The smallest absolute Gasteiger partial charge is 0.218 e. The van der Waals surface area contributed by atoms with Crippen molar-refractivity contribution in [2.24, 2.45) is 4.99 Å². The minimum Gasteiger partial charge on any atom is -0.478 e. The fourth-order valence-corrected chi connectivity index (χ4v) is 2.80. The number of piperidine rings is 1. The van der Waals surface area contributed by atoms with E-state index >= 15 is 0 Å². The molecule has 2 heterocycles. The van der Waals surface area contributed by atoms with Crippen LogP contribution in [0.1, 0.15) is 32.3 Å². The number of aromatic nitrogens is 1. The molecule has 6 heteroatoms. The molecule has 1 N–H and O–H groups in total. The average Bonchev–Trinajstić information content (AvgIpc) is 2.59. The van der Waals surface area contributed by atoms with Crippen molar-refractivity contribution in [1.29, 1.82) is 0 Å². The second-order valence-corrected chi connectivity index (χ2v) is 5.44. The van der Waals surface area contributed by atoms with Gasteiger partial charge in [-0.1, -0.05) is 6.07 Å². The molecule has 0 spiro atoms. The normalized spacial score (nSPS) is 16.5. The molecule has 23 heavy (non-hydrogen) atoms. The summed E-state index contributed by atoms with van der Waals surface area (Å²) in [6.07, 6.45) is 4.23. The van der Waals surface area contributed by atoms with Gasteiger partial charge in [0.1, 0.15) is 0 Å². The van der Waals surface area contributed by atoms with Crippen LogP contribution < -0.4 is 10.1 Å². The predicted molar refractivity (Wildman–Crippen MR) is 91.8 cm³/mol. The summed E-state index contributed by atoms with van der Waals surface area (Å²) in [5.74, 6) is 1.61. The molecule has 0 unspecified atom stereocenters. The lowest BCUT2D eigenvalue weighted by Crippen LogP contribution is -2.46. The predicted octanol–water partition coefficient (Wildman–Crippen LogP) is 2.06. The van der Waals surface area contributed by atoms with E-state index in [9.17, 15) is 0 Å². The molecule has 0 atom stereocenters. The minimum absolute atomic E-state index is 0.386. The molecule has 0 saturated carbocycles. The lowest BCUT2D eigenvalue weighted by molar-refractivity contribution is 0.0263. The lowest BCUT2D eigenvalue weighted by atomic mass is 10.1. The van der Waals surface area contributed by atoms with E-state index in [1.165, 1.54) is 0 Å². The first-order valence-corrected chi connectivity index (χ1v) is 8.42. The molecule has 1 aromatic rings. The number of nitrogens with zero attached hydrogens (tertiary/aromatic N) is 3. The first-order valence-electron chi connectivity index (χ1n) is 8.42. The number of hydrogen-bond donors (Lipinski definition) is 1. The van der Waals surface area contributed by atoms with E-state index in [-0.39, 0.29) is 0 Å². The zero-order valence-corrected chi connectivity index (χ0v) is 14.4. The number of hydrogen-bond acceptors (Lipinski definition) is 4. The van der Waals surface area contributed by atoms with Crippen molar-refractivity contribution in [3.63, 3.8) is 0 Å². The van der Waals surface area contributed by atoms with Crippen molar-refractivity contribution < 1.29 is 9.47 Å². The van der Waals surface area contributed by atoms with Crippen LogP contribution >= 0.6 is 0 Å². The minimum atomic E-state index is 0.386. The molecule has 0 bridgehead atoms. The molecule has 0 amide bonds. The summed E-state index contributed by atoms with van der Waals surface area (Å²) in [6, 6.07) is 3.95. The molecule has 6 nitrogen and oxygen atoms in total. The molecule has 1 aliphatic rings. The van der Waals surface area contributed by atoms with Crippen molar-refractivity contribution in [3.8, 4) is 5.88 Å². The van der Waals surface area contributed by atoms with Crippen LogP contribution in [0.5, 0.6) is 5.88 Å². The molecule has 2 rings (SSSR count). The summed E-state index contributed by atoms with van der Waals surface area (Å²) in [4.78, 5) is 11.0. The van der Waals surface area contributed by atoms with Crippen molar-refractivity contribution in [1.82, 2.24) is 15.2 Å². The fourth-order valence-electron chi connectivity index (χ4n) is 2.80. The highest BCUT2D eigenvalue weighted by Gasteiger charge is 2.21. The molecule has 0 aromatic carbocycles. The third-order valence-corrected chi connectivity index (χ3v) is 3.92. The first-order chi connectivity index (χ1) is 11.3. The third-order valence-electron chi connectivity index (χ3n) is 3.92. The van der Waals surface area contributed by atoms with E-state index in [0.29, 0.717) is 25.1 Å². The molecule has 128 valence electrons. The molecule has 1 aromatic heterocycles. The van der Waals surface area contributed by atoms with Gasteiger partial charge in [0.25, 0.3) is 0 Å². The molecule has 1 aliphatic heterocycles. The van der Waals surface area contributed by atoms with E-state index in [2.05, 4.69) is 27.1 Å². The van der Waals surface area contributed by atoms with Crippen molar-refractivity contribution in [2.75, 3.05) is 33.4 Å². The van der Waals surface area contributed by atoms with Gasteiger partial charge < -0.3 is 19.7 Å². The number of nitrogens with one attached hydrogen (secondary N) is 1. The number of likely N-dealkylation sites (tertiary alicyclic amines) is 1. The molecular weight excluding hydrogens is 292 g/mol. The zero-order chi connectivity index (χ0) is 16.5. The second-order valence-electron chi connectivity index (χ2n) is 5.44. The Kier molecular flexibility index (Phi) is 7.13. The highest BCUT2D eigenvalue weighted by Crippen LogP contribution is 2.16. The van der Waals surface area contributed by atoms with Crippen LogP contribution in [0.3, 0.4) is 0 Å². The van der Waals surface area contributed by atoms with E-state index in [4.69, 9.17) is 9.47 Å². The Morgan fingerprint density at radius 2 is 2.13 bits per heavy atom. The number of guanidine groups is 1. The Morgan fingerprint density at radius 1 is 1.35 bits per heavy atom. The fraction of sp³-hybridized carbons (Fsp3) is 0.647. The van der Waals surface area contributed by atoms with Crippen LogP contribution in [0.2, 0.25) is 0 Å². The third kappa shape index (κ3) is 5.10. The maximum Gasteiger partial charge on any atom is 0.218 e. The molecule has 0 aliphatic carbocycles. The highest BCUT2D eigenvalue weighted by molar-refractivity contribution is 5.80. The Hall–Kier alpha value is -1.82. The first kappa shape index (κ1) is 17.5. The van der Waals surface area contributed by atoms with E-state index in [1.54, 1.807) is 6.20 Å². The highest BCUT2D eigenvalue weighted by atomic mass is 16.5. The Balaban J connectivity index is 1.89. The van der Waals surface area contributed by atoms with Gasteiger partial charge in [0.05, 0.1) is 12.7 Å². The van der Waals surface area contributed by atoms with Gasteiger partial charge >= 0.3 is 0 Å². The van der Waals surface area contributed by atoms with Gasteiger partial charge in [-0.05, 0) is 32.8 Å². The van der Waals surface area contributed by atoms with Crippen molar-refractivity contribution in [2.45, 2.75) is 39.3 Å². The van der Waals surface area contributed by atoms with Gasteiger partial charge in [-0.2, -0.15) is 0 Å². The Bertz CT molecular complexity index is 499. The van der Waals surface area contributed by atoms with Gasteiger partial charge in [-0.25, -0.2) is 4.98 Å². The standard InChI is InChI=1S/C17H28N4O2/c1-4-22-15-8-11-21(12-9-15)17(18-3)20-13-14-7-6-10-19-16(14)23-5-2/h6-7,10,15H,4-5,8-9,11-13H2,1-3H3,(H,18,20). The van der Waals surface area contributed by atoms with E-state index < -0.39 is 0 Å². The summed E-state index contributed by atoms with van der Waals surface area (Å²) >= 11 is 0. The van der Waals surface area contributed by atoms with Gasteiger partial charge in [-0.3, -0.25) is 4.99 Å². The summed E-state index contributed by atoms with van der Waals surface area (Å²) in [5.41, 5.74) is 1.04. The largest absolute Gasteiger partial charge is 0.478 e. The number of ether oxygens (including phenoxy) is 2. The molecule has 1 saturated heterocycles. The lowest BCUT2D eigenvalue weighted by Gasteiger charge is -2.34. The van der Waals surface area contributed by atoms with Crippen molar-refractivity contribution in [3.05, 3.63) is 23.9 Å². The average molecular weight is 320 g/mol. The Labute approximate surface area is 138 Å². The van der Waals surface area contributed by atoms with Crippen LogP contribution in [0.25, 0.3) is 0 Å².